The molecule has 78 valence electrons. The third-order valence-electron chi connectivity index (χ3n) is 2.83. The molecule has 0 unspecified atom stereocenters. The fraction of sp³-hybridized carbons (Fsp3) is 0.286. The van der Waals surface area contributed by atoms with Crippen LogP contribution in [-0.2, 0) is 6.42 Å². The molecular weight excluding hydrogens is 182 g/mol. The number of hydrogen-bond acceptors (Lipinski definition) is 1. The van der Waals surface area contributed by atoms with Crippen molar-refractivity contribution in [3.63, 3.8) is 0 Å². The van der Waals surface area contributed by atoms with E-state index in [9.17, 15) is 0 Å². The molecule has 0 heterocycles. The number of hydrogen-bond donors (Lipinski definition) is 1. The normalized spacial score (nSPS) is 10.8. The molecule has 0 radical (unpaired) electrons. The zero-order valence-electron chi connectivity index (χ0n) is 9.16. The monoisotopic (exact) mass is 199 g/mol. The summed E-state index contributed by atoms with van der Waals surface area (Å²) in [7, 11) is 0. The van der Waals surface area contributed by atoms with Crippen LogP contribution in [0.2, 0.25) is 0 Å². The standard InChI is InChI=1S/C14H17N/c1-11-4-2-6-13-8-7-12(5-3-9-15)10-14(11)13/h2,4,6-8,10H,3,5,9,15H2,1H3. The van der Waals surface area contributed by atoms with E-state index in [1.54, 1.807) is 0 Å². The van der Waals surface area contributed by atoms with E-state index in [2.05, 4.69) is 43.3 Å². The summed E-state index contributed by atoms with van der Waals surface area (Å²) in [4.78, 5) is 0. The van der Waals surface area contributed by atoms with Crippen LogP contribution in [0.15, 0.2) is 36.4 Å². The summed E-state index contributed by atoms with van der Waals surface area (Å²) < 4.78 is 0. The summed E-state index contributed by atoms with van der Waals surface area (Å²) in [5, 5.41) is 2.69. The van der Waals surface area contributed by atoms with Gasteiger partial charge in [-0.3, -0.25) is 0 Å². The maximum atomic E-state index is 5.52. The van der Waals surface area contributed by atoms with Crippen molar-refractivity contribution in [1.29, 1.82) is 0 Å². The van der Waals surface area contributed by atoms with Gasteiger partial charge in [-0.2, -0.15) is 0 Å². The van der Waals surface area contributed by atoms with E-state index in [1.807, 2.05) is 0 Å². The summed E-state index contributed by atoms with van der Waals surface area (Å²) in [5.41, 5.74) is 8.26. The second kappa shape index (κ2) is 4.45. The lowest BCUT2D eigenvalue weighted by atomic mass is 10.0. The molecule has 0 aliphatic carbocycles. The Labute approximate surface area is 90.9 Å². The van der Waals surface area contributed by atoms with Gasteiger partial charge in [0.1, 0.15) is 0 Å². The average molecular weight is 199 g/mol. The van der Waals surface area contributed by atoms with Crippen LogP contribution in [0, 0.1) is 6.92 Å². The molecule has 0 spiro atoms. The van der Waals surface area contributed by atoms with E-state index in [-0.39, 0.29) is 0 Å². The Morgan fingerprint density at radius 1 is 1.13 bits per heavy atom. The molecule has 0 saturated carbocycles. The molecular formula is C14H17N. The quantitative estimate of drug-likeness (QED) is 0.807. The molecule has 0 fully saturated rings. The lowest BCUT2D eigenvalue weighted by Crippen LogP contribution is -2.00. The molecule has 0 amide bonds. The minimum absolute atomic E-state index is 0.770. The Balaban J connectivity index is 2.41. The molecule has 1 nitrogen and oxygen atoms in total. The first kappa shape index (κ1) is 10.2. The molecule has 0 aliphatic heterocycles. The van der Waals surface area contributed by atoms with E-state index in [0.29, 0.717) is 0 Å². The first-order chi connectivity index (χ1) is 7.31. The van der Waals surface area contributed by atoms with Gasteiger partial charge in [-0.05, 0) is 48.2 Å². The zero-order valence-corrected chi connectivity index (χ0v) is 9.16. The lowest BCUT2D eigenvalue weighted by molar-refractivity contribution is 0.833. The number of benzene rings is 2. The SMILES string of the molecule is Cc1cccc2ccc(CCCN)cc12. The predicted octanol–water partition coefficient (Wildman–Crippen LogP) is 3.04. The van der Waals surface area contributed by atoms with E-state index in [0.717, 1.165) is 19.4 Å². The van der Waals surface area contributed by atoms with E-state index >= 15 is 0 Å². The molecule has 2 N–H and O–H groups in total. The largest absolute Gasteiger partial charge is 0.330 e. The van der Waals surface area contributed by atoms with Gasteiger partial charge in [-0.15, -0.1) is 0 Å². The van der Waals surface area contributed by atoms with Crippen LogP contribution in [0.3, 0.4) is 0 Å². The number of rotatable bonds is 3. The maximum Gasteiger partial charge on any atom is -0.00741 e. The molecule has 0 atom stereocenters. The molecule has 0 saturated heterocycles. The summed E-state index contributed by atoms with van der Waals surface area (Å²) >= 11 is 0. The lowest BCUT2D eigenvalue weighted by Gasteiger charge is -2.05. The van der Waals surface area contributed by atoms with Crippen molar-refractivity contribution >= 4 is 10.8 Å². The van der Waals surface area contributed by atoms with Crippen molar-refractivity contribution in [2.45, 2.75) is 19.8 Å². The Morgan fingerprint density at radius 3 is 2.80 bits per heavy atom. The van der Waals surface area contributed by atoms with E-state index < -0.39 is 0 Å². The van der Waals surface area contributed by atoms with Crippen LogP contribution < -0.4 is 5.73 Å². The minimum atomic E-state index is 0.770. The first-order valence-electron chi connectivity index (χ1n) is 5.49. The summed E-state index contributed by atoms with van der Waals surface area (Å²) in [6.07, 6.45) is 2.15. The molecule has 0 aromatic heterocycles. The van der Waals surface area contributed by atoms with Crippen molar-refractivity contribution in [2.75, 3.05) is 6.54 Å². The third kappa shape index (κ3) is 2.18. The summed E-state index contributed by atoms with van der Waals surface area (Å²) in [5.74, 6) is 0. The topological polar surface area (TPSA) is 26.0 Å². The second-order valence-electron chi connectivity index (χ2n) is 4.02. The first-order valence-corrected chi connectivity index (χ1v) is 5.49. The predicted molar refractivity (Wildman–Crippen MR) is 66.1 cm³/mol. The van der Waals surface area contributed by atoms with Crippen LogP contribution in [-0.4, -0.2) is 6.54 Å². The number of nitrogens with two attached hydrogens (primary N) is 1. The van der Waals surface area contributed by atoms with Gasteiger partial charge < -0.3 is 5.73 Å². The van der Waals surface area contributed by atoms with Crippen molar-refractivity contribution in [2.24, 2.45) is 5.73 Å². The van der Waals surface area contributed by atoms with Crippen molar-refractivity contribution in [1.82, 2.24) is 0 Å². The molecule has 2 aromatic carbocycles. The van der Waals surface area contributed by atoms with Crippen molar-refractivity contribution < 1.29 is 0 Å². The Bertz CT molecular complexity index is 460. The smallest absolute Gasteiger partial charge is 0.00741 e. The number of fused-ring (bicyclic) bond motifs is 1. The van der Waals surface area contributed by atoms with Crippen LogP contribution in [0.1, 0.15) is 17.5 Å². The van der Waals surface area contributed by atoms with Gasteiger partial charge in [-0.25, -0.2) is 0 Å². The van der Waals surface area contributed by atoms with Crippen molar-refractivity contribution in [3.8, 4) is 0 Å². The average Bonchev–Trinajstić information content (AvgIpc) is 2.27. The highest BCUT2D eigenvalue weighted by molar-refractivity contribution is 5.86. The molecule has 15 heavy (non-hydrogen) atoms. The number of aryl methyl sites for hydroxylation is 2. The third-order valence-corrected chi connectivity index (χ3v) is 2.83. The van der Waals surface area contributed by atoms with Crippen LogP contribution >= 0.6 is 0 Å². The molecule has 2 rings (SSSR count). The molecule has 2 aromatic rings. The van der Waals surface area contributed by atoms with Crippen LogP contribution in [0.4, 0.5) is 0 Å². The highest BCUT2D eigenvalue weighted by Crippen LogP contribution is 2.20. The van der Waals surface area contributed by atoms with Gasteiger partial charge in [0.15, 0.2) is 0 Å². The highest BCUT2D eigenvalue weighted by atomic mass is 14.5. The van der Waals surface area contributed by atoms with Crippen LogP contribution in [0.5, 0.6) is 0 Å². The van der Waals surface area contributed by atoms with Gasteiger partial charge in [0.05, 0.1) is 0 Å². The summed E-state index contributed by atoms with van der Waals surface area (Å²) in [6, 6.07) is 13.1. The van der Waals surface area contributed by atoms with Gasteiger partial charge in [0.25, 0.3) is 0 Å². The van der Waals surface area contributed by atoms with Gasteiger partial charge in [-0.1, -0.05) is 36.4 Å². The molecule has 1 heteroatoms. The molecule has 0 aliphatic rings. The highest BCUT2D eigenvalue weighted by Gasteiger charge is 1.98. The maximum absolute atomic E-state index is 5.52. The molecule has 0 bridgehead atoms. The fourth-order valence-corrected chi connectivity index (χ4v) is 1.94. The summed E-state index contributed by atoms with van der Waals surface area (Å²) in [6.45, 7) is 2.93. The Kier molecular flexibility index (Phi) is 3.02. The minimum Gasteiger partial charge on any atom is -0.330 e. The second-order valence-corrected chi connectivity index (χ2v) is 4.02. The Hall–Kier alpha value is -1.34. The van der Waals surface area contributed by atoms with E-state index in [4.69, 9.17) is 5.73 Å². The van der Waals surface area contributed by atoms with Gasteiger partial charge in [0, 0.05) is 0 Å². The Morgan fingerprint density at radius 2 is 2.00 bits per heavy atom. The fourth-order valence-electron chi connectivity index (χ4n) is 1.94. The van der Waals surface area contributed by atoms with Gasteiger partial charge >= 0.3 is 0 Å². The zero-order chi connectivity index (χ0) is 10.7. The van der Waals surface area contributed by atoms with Gasteiger partial charge in [0.2, 0.25) is 0 Å². The van der Waals surface area contributed by atoms with Crippen LogP contribution in [0.25, 0.3) is 10.8 Å². The van der Waals surface area contributed by atoms with E-state index in [1.165, 1.54) is 21.9 Å². The van der Waals surface area contributed by atoms with Crippen molar-refractivity contribution in [3.05, 3.63) is 47.5 Å².